The summed E-state index contributed by atoms with van der Waals surface area (Å²) >= 11 is 2.32. The molecule has 4 nitrogen and oxygen atoms in total. The van der Waals surface area contributed by atoms with E-state index in [1.807, 2.05) is 26.0 Å². The van der Waals surface area contributed by atoms with Gasteiger partial charge in [-0.1, -0.05) is 18.2 Å². The van der Waals surface area contributed by atoms with Gasteiger partial charge in [0.2, 0.25) is 0 Å². The molecular formula is C20H19IN2O2. The summed E-state index contributed by atoms with van der Waals surface area (Å²) in [4.78, 5) is 21.4. The van der Waals surface area contributed by atoms with Gasteiger partial charge in [0.15, 0.2) is 0 Å². The van der Waals surface area contributed by atoms with Crippen LogP contribution in [0.4, 0.5) is 0 Å². The molecule has 25 heavy (non-hydrogen) atoms. The zero-order chi connectivity index (χ0) is 18.0. The molecule has 0 saturated carbocycles. The Morgan fingerprint density at radius 1 is 1.16 bits per heavy atom. The normalized spacial score (nSPS) is 17.3. The van der Waals surface area contributed by atoms with Crippen molar-refractivity contribution in [3.63, 3.8) is 0 Å². The molecule has 0 bridgehead atoms. The number of aromatic nitrogens is 1. The monoisotopic (exact) mass is 446 g/mol. The summed E-state index contributed by atoms with van der Waals surface area (Å²) in [5.41, 5.74) is 4.09. The van der Waals surface area contributed by atoms with Gasteiger partial charge in [0, 0.05) is 15.5 Å². The van der Waals surface area contributed by atoms with Crippen LogP contribution in [0.5, 0.6) is 0 Å². The largest absolute Gasteiger partial charge is 0.425 e. The number of esters is 1. The van der Waals surface area contributed by atoms with Crippen molar-refractivity contribution in [3.05, 3.63) is 74.4 Å². The van der Waals surface area contributed by atoms with E-state index in [1.165, 1.54) is 0 Å². The smallest absolute Gasteiger partial charge is 0.345 e. The van der Waals surface area contributed by atoms with E-state index in [0.29, 0.717) is 17.0 Å². The quantitative estimate of drug-likeness (QED) is 0.491. The number of hydrogen-bond donors (Lipinski definition) is 0. The van der Waals surface area contributed by atoms with Crippen molar-refractivity contribution in [1.29, 1.82) is 0 Å². The van der Waals surface area contributed by atoms with Gasteiger partial charge in [0.25, 0.3) is 0 Å². The summed E-state index contributed by atoms with van der Waals surface area (Å²) in [6.45, 7) is 5.71. The lowest BCUT2D eigenvalue weighted by Crippen LogP contribution is -2.19. The zero-order valence-corrected chi connectivity index (χ0v) is 16.6. The Morgan fingerprint density at radius 3 is 2.64 bits per heavy atom. The number of carbonyl (C=O) groups is 1. The standard InChI is InChI=1S/C20H19IN2O2/c1-12-11-17(16-7-4-5-9-18(16)21)19(14(3)23-12)25-20(24)15-8-6-10-22-13(15)2/h4-10,17H,11H2,1-3H3. The maximum absolute atomic E-state index is 12.7. The highest BCUT2D eigenvalue weighted by molar-refractivity contribution is 14.1. The summed E-state index contributed by atoms with van der Waals surface area (Å²) in [6, 6.07) is 11.7. The molecule has 3 rings (SSSR count). The van der Waals surface area contributed by atoms with E-state index < -0.39 is 0 Å². The summed E-state index contributed by atoms with van der Waals surface area (Å²) in [5, 5.41) is 0. The van der Waals surface area contributed by atoms with Gasteiger partial charge in [-0.15, -0.1) is 0 Å². The number of halogens is 1. The Bertz CT molecular complexity index is 887. The number of pyridine rings is 1. The van der Waals surface area contributed by atoms with Crippen LogP contribution in [0.2, 0.25) is 0 Å². The number of carbonyl (C=O) groups excluding carboxylic acids is 1. The Balaban J connectivity index is 1.98. The molecular weight excluding hydrogens is 427 g/mol. The minimum absolute atomic E-state index is 0.00784. The van der Waals surface area contributed by atoms with Crippen LogP contribution in [0, 0.1) is 10.5 Å². The minimum atomic E-state index is -0.384. The molecule has 0 saturated heterocycles. The maximum atomic E-state index is 12.7. The number of aryl methyl sites for hydroxylation is 1. The van der Waals surface area contributed by atoms with Crippen LogP contribution in [-0.4, -0.2) is 16.7 Å². The van der Waals surface area contributed by atoms with E-state index >= 15 is 0 Å². The molecule has 0 spiro atoms. The first-order valence-corrected chi connectivity index (χ1v) is 9.18. The molecule has 5 heteroatoms. The van der Waals surface area contributed by atoms with E-state index in [1.54, 1.807) is 25.3 Å². The van der Waals surface area contributed by atoms with Gasteiger partial charge in [-0.2, -0.15) is 0 Å². The van der Waals surface area contributed by atoms with Crippen LogP contribution >= 0.6 is 22.6 Å². The number of allylic oxidation sites excluding steroid dienone is 2. The molecule has 1 aromatic heterocycles. The van der Waals surface area contributed by atoms with E-state index in [4.69, 9.17) is 4.74 Å². The van der Waals surface area contributed by atoms with Gasteiger partial charge in [0.1, 0.15) is 5.76 Å². The summed E-state index contributed by atoms with van der Waals surface area (Å²) < 4.78 is 6.98. The van der Waals surface area contributed by atoms with Crippen LogP contribution < -0.4 is 0 Å². The lowest BCUT2D eigenvalue weighted by molar-refractivity contribution is 0.0597. The van der Waals surface area contributed by atoms with Gasteiger partial charge in [0.05, 0.1) is 22.9 Å². The van der Waals surface area contributed by atoms with Crippen molar-refractivity contribution in [3.8, 4) is 0 Å². The second-order valence-electron chi connectivity index (χ2n) is 6.10. The predicted molar refractivity (Wildman–Crippen MR) is 107 cm³/mol. The summed E-state index contributed by atoms with van der Waals surface area (Å²) in [7, 11) is 0. The van der Waals surface area contributed by atoms with Gasteiger partial charge >= 0.3 is 5.97 Å². The van der Waals surface area contributed by atoms with Crippen molar-refractivity contribution < 1.29 is 9.53 Å². The van der Waals surface area contributed by atoms with Crippen LogP contribution in [-0.2, 0) is 4.74 Å². The molecule has 0 fully saturated rings. The van der Waals surface area contributed by atoms with E-state index in [-0.39, 0.29) is 11.9 Å². The molecule has 1 aliphatic rings. The molecule has 2 heterocycles. The maximum Gasteiger partial charge on any atom is 0.345 e. The van der Waals surface area contributed by atoms with Gasteiger partial charge in [-0.3, -0.25) is 9.98 Å². The molecule has 0 amide bonds. The number of aliphatic imine (C=N–C) groups is 1. The summed E-state index contributed by atoms with van der Waals surface area (Å²) in [5.74, 6) is 0.236. The van der Waals surface area contributed by atoms with Gasteiger partial charge in [-0.25, -0.2) is 4.79 Å². The fraction of sp³-hybridized carbons (Fsp3) is 0.250. The van der Waals surface area contributed by atoms with E-state index in [9.17, 15) is 4.79 Å². The number of hydrogen-bond acceptors (Lipinski definition) is 4. The highest BCUT2D eigenvalue weighted by Crippen LogP contribution is 2.37. The molecule has 0 N–H and O–H groups in total. The van der Waals surface area contributed by atoms with Crippen LogP contribution in [0.1, 0.15) is 47.8 Å². The molecule has 0 radical (unpaired) electrons. The Morgan fingerprint density at radius 2 is 1.92 bits per heavy atom. The van der Waals surface area contributed by atoms with E-state index in [2.05, 4.69) is 44.7 Å². The molecule has 1 atom stereocenters. The lowest BCUT2D eigenvalue weighted by atomic mass is 9.89. The first-order valence-electron chi connectivity index (χ1n) is 8.10. The Kier molecular flexibility index (Phi) is 5.32. The second kappa shape index (κ2) is 7.47. The molecule has 128 valence electrons. The lowest BCUT2D eigenvalue weighted by Gasteiger charge is -2.26. The molecule has 1 aliphatic heterocycles. The topological polar surface area (TPSA) is 51.5 Å². The second-order valence-corrected chi connectivity index (χ2v) is 7.26. The van der Waals surface area contributed by atoms with Gasteiger partial charge < -0.3 is 4.74 Å². The van der Waals surface area contributed by atoms with Gasteiger partial charge in [-0.05, 0) is 73.5 Å². The van der Waals surface area contributed by atoms with Crippen LogP contribution in [0.15, 0.2) is 59.0 Å². The highest BCUT2D eigenvalue weighted by atomic mass is 127. The molecule has 1 unspecified atom stereocenters. The summed E-state index contributed by atoms with van der Waals surface area (Å²) in [6.07, 6.45) is 2.41. The molecule has 2 aromatic rings. The van der Waals surface area contributed by atoms with Crippen molar-refractivity contribution in [2.75, 3.05) is 0 Å². The fourth-order valence-corrected chi connectivity index (χ4v) is 3.80. The van der Waals surface area contributed by atoms with Crippen LogP contribution in [0.3, 0.4) is 0 Å². The molecule has 1 aromatic carbocycles. The first-order chi connectivity index (χ1) is 12.0. The molecule has 0 aliphatic carbocycles. The number of benzene rings is 1. The van der Waals surface area contributed by atoms with Crippen molar-refractivity contribution in [1.82, 2.24) is 4.98 Å². The highest BCUT2D eigenvalue weighted by Gasteiger charge is 2.29. The fourth-order valence-electron chi connectivity index (χ4n) is 3.04. The third kappa shape index (κ3) is 3.81. The third-order valence-electron chi connectivity index (χ3n) is 4.24. The SMILES string of the molecule is CC1=NC(C)=C(OC(=O)c2cccnc2C)C(c2ccccc2I)C1. The average Bonchev–Trinajstić information content (AvgIpc) is 2.58. The van der Waals surface area contributed by atoms with Crippen molar-refractivity contribution in [2.24, 2.45) is 4.99 Å². The van der Waals surface area contributed by atoms with Crippen molar-refractivity contribution in [2.45, 2.75) is 33.1 Å². The average molecular weight is 446 g/mol. The number of rotatable bonds is 3. The first kappa shape index (κ1) is 17.8. The Hall–Kier alpha value is -2.02. The van der Waals surface area contributed by atoms with Crippen molar-refractivity contribution >= 4 is 34.3 Å². The predicted octanol–water partition coefficient (Wildman–Crippen LogP) is 5.03. The van der Waals surface area contributed by atoms with E-state index in [0.717, 1.165) is 27.0 Å². The zero-order valence-electron chi connectivity index (χ0n) is 14.4. The third-order valence-corrected chi connectivity index (χ3v) is 5.22. The minimum Gasteiger partial charge on any atom is -0.425 e. The Labute approximate surface area is 161 Å². The number of nitrogens with zero attached hydrogens (tertiary/aromatic N) is 2. The van der Waals surface area contributed by atoms with Crippen LogP contribution in [0.25, 0.3) is 0 Å². The number of ether oxygens (including phenoxy) is 1.